The number of hydrogen-bond donors (Lipinski definition) is 1. The lowest BCUT2D eigenvalue weighted by Crippen LogP contribution is -2.41. The summed E-state index contributed by atoms with van der Waals surface area (Å²) in [6.45, 7) is 2.48. The molecule has 2 heterocycles. The van der Waals surface area contributed by atoms with Gasteiger partial charge in [-0.3, -0.25) is 4.79 Å². The van der Waals surface area contributed by atoms with Gasteiger partial charge in [-0.05, 0) is 43.5 Å². The minimum absolute atomic E-state index is 0.191. The van der Waals surface area contributed by atoms with Gasteiger partial charge in [0.05, 0.1) is 4.90 Å². The van der Waals surface area contributed by atoms with Crippen LogP contribution in [0.2, 0.25) is 0 Å². The zero-order valence-corrected chi connectivity index (χ0v) is 20.4. The molecule has 0 spiro atoms. The van der Waals surface area contributed by atoms with E-state index in [4.69, 9.17) is 0 Å². The van der Waals surface area contributed by atoms with Crippen molar-refractivity contribution < 1.29 is 17.6 Å². The Bertz CT molecular complexity index is 1220. The number of nitrogens with one attached hydrogen (secondary N) is 1. The number of aromatic nitrogens is 2. The second-order valence-electron chi connectivity index (χ2n) is 7.73. The van der Waals surface area contributed by atoms with E-state index in [-0.39, 0.29) is 35.6 Å². The highest BCUT2D eigenvalue weighted by atomic mass is 32.2. The Labute approximate surface area is 200 Å². The highest BCUT2D eigenvalue weighted by Gasteiger charge is 2.32. The first-order chi connectivity index (χ1) is 15.8. The second-order valence-corrected chi connectivity index (χ2v) is 11.9. The van der Waals surface area contributed by atoms with Crippen molar-refractivity contribution in [2.45, 2.75) is 34.8 Å². The SMILES string of the molecule is Cc1ccc(S(=O)(=O)N2CCC(C(=O)Nc3nnc(SCc4ccccc4F)s3)CC2)cc1. The summed E-state index contributed by atoms with van der Waals surface area (Å²) in [4.78, 5) is 12.9. The third kappa shape index (κ3) is 5.78. The van der Waals surface area contributed by atoms with Gasteiger partial charge >= 0.3 is 0 Å². The average Bonchev–Trinajstić information content (AvgIpc) is 3.26. The molecule has 33 heavy (non-hydrogen) atoms. The lowest BCUT2D eigenvalue weighted by molar-refractivity contribution is -0.120. The van der Waals surface area contributed by atoms with E-state index in [1.807, 2.05) is 6.92 Å². The van der Waals surface area contributed by atoms with Gasteiger partial charge in [-0.1, -0.05) is 59.0 Å². The van der Waals surface area contributed by atoms with Crippen LogP contribution in [0.4, 0.5) is 9.52 Å². The Kier molecular flexibility index (Phi) is 7.42. The number of carbonyl (C=O) groups is 1. The number of hydrogen-bond acceptors (Lipinski definition) is 7. The number of benzene rings is 2. The molecule has 0 radical (unpaired) electrons. The van der Waals surface area contributed by atoms with Crippen molar-refractivity contribution in [2.75, 3.05) is 18.4 Å². The Morgan fingerprint density at radius 2 is 1.85 bits per heavy atom. The summed E-state index contributed by atoms with van der Waals surface area (Å²) in [6.07, 6.45) is 0.870. The molecule has 0 unspecified atom stereocenters. The summed E-state index contributed by atoms with van der Waals surface area (Å²) in [5, 5.41) is 11.2. The molecule has 4 rings (SSSR count). The number of thioether (sulfide) groups is 1. The fourth-order valence-electron chi connectivity index (χ4n) is 3.50. The van der Waals surface area contributed by atoms with Crippen LogP contribution in [0.3, 0.4) is 0 Å². The molecule has 0 atom stereocenters. The molecule has 3 aromatic rings. The number of carbonyl (C=O) groups excluding carboxylic acids is 1. The molecule has 174 valence electrons. The van der Waals surface area contributed by atoms with Crippen LogP contribution in [-0.2, 0) is 20.6 Å². The largest absolute Gasteiger partial charge is 0.300 e. The fourth-order valence-corrected chi connectivity index (χ4v) is 6.71. The fraction of sp³-hybridized carbons (Fsp3) is 0.318. The van der Waals surface area contributed by atoms with Crippen LogP contribution in [0.1, 0.15) is 24.0 Å². The summed E-state index contributed by atoms with van der Waals surface area (Å²) >= 11 is 2.59. The molecule has 0 saturated carbocycles. The van der Waals surface area contributed by atoms with E-state index in [0.29, 0.717) is 33.6 Å². The standard InChI is InChI=1S/C22H23FN4O3S3/c1-15-6-8-18(9-7-15)33(29,30)27-12-10-16(11-13-27)20(28)24-21-25-26-22(32-21)31-14-17-4-2-3-5-19(17)23/h2-9,16H,10-14H2,1H3,(H,24,25,28). The lowest BCUT2D eigenvalue weighted by Gasteiger charge is -2.30. The van der Waals surface area contributed by atoms with E-state index in [2.05, 4.69) is 15.5 Å². The maximum absolute atomic E-state index is 13.7. The van der Waals surface area contributed by atoms with Crippen LogP contribution in [0, 0.1) is 18.7 Å². The van der Waals surface area contributed by atoms with Crippen molar-refractivity contribution in [2.24, 2.45) is 5.92 Å². The first kappa shape index (κ1) is 23.8. The molecule has 1 fully saturated rings. The minimum Gasteiger partial charge on any atom is -0.300 e. The van der Waals surface area contributed by atoms with Gasteiger partial charge in [-0.25, -0.2) is 12.8 Å². The third-order valence-corrected chi connectivity index (χ3v) is 9.36. The number of sulfonamides is 1. The van der Waals surface area contributed by atoms with E-state index < -0.39 is 10.0 Å². The number of rotatable bonds is 7. The number of anilines is 1. The number of nitrogens with zero attached hydrogens (tertiary/aromatic N) is 3. The monoisotopic (exact) mass is 506 g/mol. The van der Waals surface area contributed by atoms with Crippen LogP contribution < -0.4 is 5.32 Å². The second kappa shape index (κ2) is 10.3. The van der Waals surface area contributed by atoms with Crippen molar-refractivity contribution >= 4 is 44.2 Å². The van der Waals surface area contributed by atoms with E-state index in [0.717, 1.165) is 5.56 Å². The molecule has 1 amide bonds. The van der Waals surface area contributed by atoms with Gasteiger partial charge in [0.15, 0.2) is 4.34 Å². The van der Waals surface area contributed by atoms with Gasteiger partial charge in [-0.2, -0.15) is 4.31 Å². The topological polar surface area (TPSA) is 92.3 Å². The summed E-state index contributed by atoms with van der Waals surface area (Å²) in [7, 11) is -3.56. The molecule has 7 nitrogen and oxygen atoms in total. The first-order valence-corrected chi connectivity index (χ1v) is 13.6. The predicted molar refractivity (Wildman–Crippen MR) is 127 cm³/mol. The Hall–Kier alpha value is -2.34. The van der Waals surface area contributed by atoms with Crippen LogP contribution in [0.25, 0.3) is 0 Å². The van der Waals surface area contributed by atoms with Crippen LogP contribution >= 0.6 is 23.1 Å². The van der Waals surface area contributed by atoms with Gasteiger partial charge in [0.2, 0.25) is 21.1 Å². The molecular formula is C22H23FN4O3S3. The Morgan fingerprint density at radius 3 is 2.55 bits per heavy atom. The van der Waals surface area contributed by atoms with E-state index in [1.165, 1.54) is 33.5 Å². The highest BCUT2D eigenvalue weighted by Crippen LogP contribution is 2.30. The quantitative estimate of drug-likeness (QED) is 0.379. The average molecular weight is 507 g/mol. The molecule has 1 aliphatic rings. The summed E-state index contributed by atoms with van der Waals surface area (Å²) in [5.41, 5.74) is 1.57. The molecule has 2 aromatic carbocycles. The van der Waals surface area contributed by atoms with E-state index >= 15 is 0 Å². The van der Waals surface area contributed by atoms with Crippen LogP contribution in [0.15, 0.2) is 57.8 Å². The summed E-state index contributed by atoms with van der Waals surface area (Å²) in [5.74, 6) is -0.334. The molecule has 1 aliphatic heterocycles. The maximum Gasteiger partial charge on any atom is 0.243 e. The molecule has 0 bridgehead atoms. The first-order valence-electron chi connectivity index (χ1n) is 10.4. The van der Waals surface area contributed by atoms with Crippen molar-refractivity contribution in [1.29, 1.82) is 0 Å². The minimum atomic E-state index is -3.56. The number of halogens is 1. The highest BCUT2D eigenvalue weighted by molar-refractivity contribution is 8.00. The third-order valence-electron chi connectivity index (χ3n) is 5.43. The molecule has 0 aliphatic carbocycles. The van der Waals surface area contributed by atoms with Crippen LogP contribution in [0.5, 0.6) is 0 Å². The van der Waals surface area contributed by atoms with Crippen LogP contribution in [-0.4, -0.2) is 41.9 Å². The molecule has 1 aromatic heterocycles. The van der Waals surface area contributed by atoms with Gasteiger partial charge in [0.25, 0.3) is 0 Å². The molecule has 11 heteroatoms. The van der Waals surface area contributed by atoms with Crippen molar-refractivity contribution in [3.8, 4) is 0 Å². The number of aryl methyl sites for hydroxylation is 1. The molecular weight excluding hydrogens is 483 g/mol. The normalized spacial score (nSPS) is 15.5. The zero-order valence-electron chi connectivity index (χ0n) is 17.9. The van der Waals surface area contributed by atoms with Gasteiger partial charge in [0.1, 0.15) is 5.82 Å². The molecule has 1 saturated heterocycles. The smallest absolute Gasteiger partial charge is 0.243 e. The van der Waals surface area contributed by atoms with Gasteiger partial charge in [0, 0.05) is 24.8 Å². The maximum atomic E-state index is 13.7. The predicted octanol–water partition coefficient (Wildman–Crippen LogP) is 4.32. The van der Waals surface area contributed by atoms with E-state index in [9.17, 15) is 17.6 Å². The summed E-state index contributed by atoms with van der Waals surface area (Å²) in [6, 6.07) is 13.3. The van der Waals surface area contributed by atoms with Crippen molar-refractivity contribution in [3.63, 3.8) is 0 Å². The molecule has 1 N–H and O–H groups in total. The van der Waals surface area contributed by atoms with Crippen molar-refractivity contribution in [1.82, 2.24) is 14.5 Å². The zero-order chi connectivity index (χ0) is 23.4. The van der Waals surface area contributed by atoms with E-state index in [1.54, 1.807) is 42.5 Å². The lowest BCUT2D eigenvalue weighted by atomic mass is 9.97. The summed E-state index contributed by atoms with van der Waals surface area (Å²) < 4.78 is 41.5. The van der Waals surface area contributed by atoms with Gasteiger partial charge < -0.3 is 5.32 Å². The number of piperidine rings is 1. The van der Waals surface area contributed by atoms with Gasteiger partial charge in [-0.15, -0.1) is 10.2 Å². The Morgan fingerprint density at radius 1 is 1.15 bits per heavy atom. The number of amides is 1. The van der Waals surface area contributed by atoms with Crippen molar-refractivity contribution in [3.05, 3.63) is 65.5 Å². The Balaban J connectivity index is 1.29.